The molecule has 5 nitrogen and oxygen atoms in total. The first kappa shape index (κ1) is 14.2. The summed E-state index contributed by atoms with van der Waals surface area (Å²) >= 11 is 6.22. The number of anilines is 1. The Morgan fingerprint density at radius 2 is 2.10 bits per heavy atom. The van der Waals surface area contributed by atoms with E-state index in [1.165, 1.54) is 5.82 Å². The molecule has 3 rings (SSSR count). The van der Waals surface area contributed by atoms with Crippen molar-refractivity contribution in [2.24, 2.45) is 0 Å². The molecule has 2 N–H and O–H groups in total. The van der Waals surface area contributed by atoms with Crippen molar-refractivity contribution in [2.75, 3.05) is 45.6 Å². The lowest BCUT2D eigenvalue weighted by molar-refractivity contribution is 0.0410. The highest BCUT2D eigenvalue weighted by Gasteiger charge is 2.21. The van der Waals surface area contributed by atoms with E-state index in [4.69, 9.17) is 22.1 Å². The largest absolute Gasteiger partial charge is 0.397 e. The molecule has 0 saturated carbocycles. The normalized spacial score (nSPS) is 19.3. The zero-order chi connectivity index (χ0) is 14.8. The maximum atomic E-state index is 6.22. The van der Waals surface area contributed by atoms with Gasteiger partial charge in [0.2, 0.25) is 0 Å². The Morgan fingerprint density at radius 1 is 1.33 bits per heavy atom. The number of nitrogen functional groups attached to an aromatic ring is 1. The van der Waals surface area contributed by atoms with E-state index in [0.717, 1.165) is 44.0 Å². The molecule has 0 spiro atoms. The Labute approximate surface area is 129 Å². The Kier molecular flexibility index (Phi) is 4.03. The standard InChI is InChI=1S/C15H19ClN4O/c1-19-3-2-11(13-9-12(17)10-18-15(13)16)8-14(19)20-4-6-21-7-5-20/h2,8-10H,3-7,17H2,1H3. The number of morpholine rings is 1. The van der Waals surface area contributed by atoms with E-state index in [-0.39, 0.29) is 0 Å². The molecule has 2 aliphatic rings. The minimum absolute atomic E-state index is 0.484. The Hall–Kier alpha value is -1.72. The van der Waals surface area contributed by atoms with Gasteiger partial charge < -0.3 is 20.3 Å². The Balaban J connectivity index is 1.92. The minimum atomic E-state index is 0.484. The van der Waals surface area contributed by atoms with Gasteiger partial charge in [0.25, 0.3) is 0 Å². The van der Waals surface area contributed by atoms with Crippen LogP contribution in [0.15, 0.2) is 30.2 Å². The van der Waals surface area contributed by atoms with Crippen molar-refractivity contribution in [1.82, 2.24) is 14.8 Å². The number of hydrogen-bond donors (Lipinski definition) is 1. The second-order valence-electron chi connectivity index (χ2n) is 5.25. The predicted octanol–water partition coefficient (Wildman–Crippen LogP) is 1.82. The first-order chi connectivity index (χ1) is 10.1. The van der Waals surface area contributed by atoms with Crippen LogP contribution in [0.1, 0.15) is 5.56 Å². The third-order valence-corrected chi connectivity index (χ3v) is 4.07. The van der Waals surface area contributed by atoms with Crippen molar-refractivity contribution in [1.29, 1.82) is 0 Å². The summed E-state index contributed by atoms with van der Waals surface area (Å²) in [5.41, 5.74) is 8.41. The molecule has 1 fully saturated rings. The number of hydrogen-bond acceptors (Lipinski definition) is 5. The quantitative estimate of drug-likeness (QED) is 0.845. The number of rotatable bonds is 2. The molecule has 0 amide bonds. The van der Waals surface area contributed by atoms with Crippen LogP contribution in [0.3, 0.4) is 0 Å². The molecule has 2 aliphatic heterocycles. The summed E-state index contributed by atoms with van der Waals surface area (Å²) in [6, 6.07) is 1.87. The van der Waals surface area contributed by atoms with Gasteiger partial charge in [-0.1, -0.05) is 17.7 Å². The van der Waals surface area contributed by atoms with E-state index in [1.54, 1.807) is 6.20 Å². The molecule has 0 unspecified atom stereocenters. The van der Waals surface area contributed by atoms with Crippen molar-refractivity contribution >= 4 is 22.9 Å². The van der Waals surface area contributed by atoms with Gasteiger partial charge in [-0.25, -0.2) is 4.98 Å². The smallest absolute Gasteiger partial charge is 0.136 e. The SMILES string of the molecule is CN1CC=C(c2cc(N)cnc2Cl)C=C1N1CCOCC1. The number of halogens is 1. The summed E-state index contributed by atoms with van der Waals surface area (Å²) in [7, 11) is 2.09. The molecule has 1 aromatic heterocycles. The summed E-state index contributed by atoms with van der Waals surface area (Å²) in [5.74, 6) is 1.19. The van der Waals surface area contributed by atoms with Crippen molar-refractivity contribution in [3.8, 4) is 0 Å². The van der Waals surface area contributed by atoms with Crippen LogP contribution in [0.25, 0.3) is 5.57 Å². The van der Waals surface area contributed by atoms with E-state index in [2.05, 4.69) is 34.0 Å². The minimum Gasteiger partial charge on any atom is -0.397 e. The van der Waals surface area contributed by atoms with Gasteiger partial charge in [-0.15, -0.1) is 0 Å². The van der Waals surface area contributed by atoms with Crippen LogP contribution >= 0.6 is 11.6 Å². The fourth-order valence-electron chi connectivity index (χ4n) is 2.62. The summed E-state index contributed by atoms with van der Waals surface area (Å²) in [5, 5.41) is 0.484. The van der Waals surface area contributed by atoms with Gasteiger partial charge in [-0.05, 0) is 17.7 Å². The number of likely N-dealkylation sites (N-methyl/N-ethyl adjacent to an activating group) is 1. The van der Waals surface area contributed by atoms with Crippen LogP contribution in [0, 0.1) is 0 Å². The maximum Gasteiger partial charge on any atom is 0.136 e. The van der Waals surface area contributed by atoms with Crippen LogP contribution in [0.2, 0.25) is 5.15 Å². The highest BCUT2D eigenvalue weighted by molar-refractivity contribution is 6.31. The number of nitrogens with zero attached hydrogens (tertiary/aromatic N) is 3. The molecule has 0 atom stereocenters. The fraction of sp³-hybridized carbons (Fsp3) is 0.400. The van der Waals surface area contributed by atoms with Crippen LogP contribution in [-0.2, 0) is 4.74 Å². The highest BCUT2D eigenvalue weighted by atomic mass is 35.5. The fourth-order valence-corrected chi connectivity index (χ4v) is 2.83. The zero-order valence-corrected chi connectivity index (χ0v) is 12.8. The van der Waals surface area contributed by atoms with Crippen LogP contribution in [0.4, 0.5) is 5.69 Å². The van der Waals surface area contributed by atoms with Gasteiger partial charge in [0.1, 0.15) is 11.0 Å². The van der Waals surface area contributed by atoms with E-state index >= 15 is 0 Å². The van der Waals surface area contributed by atoms with Gasteiger partial charge >= 0.3 is 0 Å². The van der Waals surface area contributed by atoms with Crippen LogP contribution < -0.4 is 5.73 Å². The molecule has 0 radical (unpaired) electrons. The van der Waals surface area contributed by atoms with Gasteiger partial charge in [-0.2, -0.15) is 0 Å². The molecule has 21 heavy (non-hydrogen) atoms. The van der Waals surface area contributed by atoms with Crippen LogP contribution in [-0.4, -0.2) is 54.7 Å². The van der Waals surface area contributed by atoms with E-state index in [1.807, 2.05) is 6.07 Å². The molecule has 0 bridgehead atoms. The van der Waals surface area contributed by atoms with E-state index in [9.17, 15) is 0 Å². The van der Waals surface area contributed by atoms with Crippen molar-refractivity contribution in [3.63, 3.8) is 0 Å². The lowest BCUT2D eigenvalue weighted by atomic mass is 10.0. The first-order valence-electron chi connectivity index (χ1n) is 7.02. The summed E-state index contributed by atoms with van der Waals surface area (Å²) in [4.78, 5) is 8.70. The number of ether oxygens (including phenoxy) is 1. The van der Waals surface area contributed by atoms with E-state index in [0.29, 0.717) is 10.8 Å². The second-order valence-corrected chi connectivity index (χ2v) is 5.61. The molecule has 6 heteroatoms. The van der Waals surface area contributed by atoms with Crippen molar-refractivity contribution in [2.45, 2.75) is 0 Å². The van der Waals surface area contributed by atoms with Gasteiger partial charge in [0, 0.05) is 32.2 Å². The Morgan fingerprint density at radius 3 is 2.86 bits per heavy atom. The second kappa shape index (κ2) is 5.95. The summed E-state index contributed by atoms with van der Waals surface area (Å²) in [6.45, 7) is 4.19. The average molecular weight is 307 g/mol. The van der Waals surface area contributed by atoms with Crippen molar-refractivity contribution in [3.05, 3.63) is 41.0 Å². The number of aromatic nitrogens is 1. The predicted molar refractivity (Wildman–Crippen MR) is 84.7 cm³/mol. The third-order valence-electron chi connectivity index (χ3n) is 3.77. The monoisotopic (exact) mass is 306 g/mol. The first-order valence-corrected chi connectivity index (χ1v) is 7.40. The molecule has 1 saturated heterocycles. The molecule has 0 aromatic carbocycles. The lowest BCUT2D eigenvalue weighted by Crippen LogP contribution is -2.41. The summed E-state index contributed by atoms with van der Waals surface area (Å²) in [6.07, 6.45) is 5.87. The van der Waals surface area contributed by atoms with Gasteiger partial charge in [0.15, 0.2) is 0 Å². The van der Waals surface area contributed by atoms with Gasteiger partial charge in [-0.3, -0.25) is 0 Å². The molecular weight excluding hydrogens is 288 g/mol. The maximum absolute atomic E-state index is 6.22. The van der Waals surface area contributed by atoms with E-state index < -0.39 is 0 Å². The molecule has 1 aromatic rings. The third kappa shape index (κ3) is 2.99. The number of pyridine rings is 1. The lowest BCUT2D eigenvalue weighted by Gasteiger charge is -2.37. The topological polar surface area (TPSA) is 54.6 Å². The summed E-state index contributed by atoms with van der Waals surface area (Å²) < 4.78 is 5.42. The molecule has 0 aliphatic carbocycles. The number of nitrogens with two attached hydrogens (primary N) is 1. The van der Waals surface area contributed by atoms with Gasteiger partial charge in [0.05, 0.1) is 25.1 Å². The molecule has 112 valence electrons. The molecular formula is C15H19ClN4O. The number of allylic oxidation sites excluding steroid dienone is 2. The van der Waals surface area contributed by atoms with Crippen molar-refractivity contribution < 1.29 is 4.74 Å². The van der Waals surface area contributed by atoms with Crippen LogP contribution in [0.5, 0.6) is 0 Å². The molecule has 3 heterocycles. The Bertz CT molecular complexity index is 593. The zero-order valence-electron chi connectivity index (χ0n) is 12.1. The highest BCUT2D eigenvalue weighted by Crippen LogP contribution is 2.29. The average Bonchev–Trinajstić information content (AvgIpc) is 2.51.